The number of hydrogen-bond donors (Lipinski definition) is 1. The third-order valence-corrected chi connectivity index (χ3v) is 4.47. The molecule has 0 heterocycles. The Balaban J connectivity index is 2.43. The number of nitrogens with zero attached hydrogens (tertiary/aromatic N) is 1. The predicted octanol–water partition coefficient (Wildman–Crippen LogP) is 3.42. The van der Waals surface area contributed by atoms with Gasteiger partial charge in [0.05, 0.1) is 0 Å². The van der Waals surface area contributed by atoms with Crippen LogP contribution < -0.4 is 5.32 Å². The monoisotopic (exact) mass is 240 g/mol. The van der Waals surface area contributed by atoms with E-state index < -0.39 is 0 Å². The van der Waals surface area contributed by atoms with Crippen molar-refractivity contribution >= 4 is 0 Å². The van der Waals surface area contributed by atoms with E-state index in [1.54, 1.807) is 0 Å². The maximum absolute atomic E-state index is 3.70. The Kier molecular flexibility index (Phi) is 7.14. The summed E-state index contributed by atoms with van der Waals surface area (Å²) in [4.78, 5) is 2.63. The topological polar surface area (TPSA) is 15.3 Å². The molecule has 1 aliphatic rings. The molecule has 0 saturated heterocycles. The summed E-state index contributed by atoms with van der Waals surface area (Å²) in [6.45, 7) is 8.10. The zero-order chi connectivity index (χ0) is 12.7. The van der Waals surface area contributed by atoms with Crippen molar-refractivity contribution in [2.24, 2.45) is 0 Å². The maximum Gasteiger partial charge on any atom is 0.0220 e. The van der Waals surface area contributed by atoms with Gasteiger partial charge in [0.2, 0.25) is 0 Å². The fourth-order valence-corrected chi connectivity index (χ4v) is 3.09. The molecule has 0 spiro atoms. The van der Waals surface area contributed by atoms with Gasteiger partial charge in [-0.3, -0.25) is 4.90 Å². The van der Waals surface area contributed by atoms with Gasteiger partial charge in [-0.2, -0.15) is 0 Å². The van der Waals surface area contributed by atoms with Crippen LogP contribution in [0.5, 0.6) is 0 Å². The van der Waals surface area contributed by atoms with Crippen molar-refractivity contribution in [1.29, 1.82) is 0 Å². The van der Waals surface area contributed by atoms with Crippen LogP contribution in [-0.2, 0) is 0 Å². The molecular formula is C15H32N2. The lowest BCUT2D eigenvalue weighted by Gasteiger charge is -2.39. The molecular weight excluding hydrogens is 208 g/mol. The number of hydrogen-bond acceptors (Lipinski definition) is 2. The molecule has 0 amide bonds. The maximum atomic E-state index is 3.70. The van der Waals surface area contributed by atoms with E-state index >= 15 is 0 Å². The smallest absolute Gasteiger partial charge is 0.0220 e. The first-order chi connectivity index (χ1) is 8.20. The lowest BCUT2D eigenvalue weighted by atomic mass is 9.92. The normalized spacial score (nSPS) is 21.7. The molecule has 2 atom stereocenters. The Morgan fingerprint density at radius 3 is 2.35 bits per heavy atom. The minimum Gasteiger partial charge on any atom is -0.312 e. The molecule has 1 saturated carbocycles. The van der Waals surface area contributed by atoms with E-state index in [9.17, 15) is 0 Å². The second-order valence-electron chi connectivity index (χ2n) is 5.67. The van der Waals surface area contributed by atoms with E-state index in [4.69, 9.17) is 0 Å². The van der Waals surface area contributed by atoms with E-state index in [0.29, 0.717) is 12.1 Å². The van der Waals surface area contributed by atoms with Crippen molar-refractivity contribution in [2.45, 2.75) is 83.8 Å². The molecule has 1 fully saturated rings. The summed E-state index contributed by atoms with van der Waals surface area (Å²) in [6, 6.07) is 2.15. The Hall–Kier alpha value is -0.0800. The lowest BCUT2D eigenvalue weighted by Crippen LogP contribution is -2.50. The van der Waals surface area contributed by atoms with E-state index in [-0.39, 0.29) is 0 Å². The first-order valence-corrected chi connectivity index (χ1v) is 7.66. The zero-order valence-electron chi connectivity index (χ0n) is 12.3. The largest absolute Gasteiger partial charge is 0.312 e. The SMILES string of the molecule is CCCNC(CC)C(C)N(C)C1CCCCC1. The molecule has 1 aliphatic carbocycles. The highest BCUT2D eigenvalue weighted by Gasteiger charge is 2.25. The molecule has 2 nitrogen and oxygen atoms in total. The number of nitrogens with one attached hydrogen (secondary N) is 1. The molecule has 2 unspecified atom stereocenters. The molecule has 0 aromatic carbocycles. The van der Waals surface area contributed by atoms with Crippen molar-refractivity contribution in [3.8, 4) is 0 Å². The molecule has 17 heavy (non-hydrogen) atoms. The van der Waals surface area contributed by atoms with Gasteiger partial charge < -0.3 is 5.32 Å². The van der Waals surface area contributed by atoms with E-state index in [2.05, 4.69) is 38.0 Å². The summed E-state index contributed by atoms with van der Waals surface area (Å²) in [5.41, 5.74) is 0. The molecule has 2 heteroatoms. The molecule has 1 N–H and O–H groups in total. The van der Waals surface area contributed by atoms with Crippen LogP contribution in [0.15, 0.2) is 0 Å². The minimum absolute atomic E-state index is 0.655. The van der Waals surface area contributed by atoms with Crippen molar-refractivity contribution in [2.75, 3.05) is 13.6 Å². The summed E-state index contributed by atoms with van der Waals surface area (Å²) in [5, 5.41) is 3.70. The van der Waals surface area contributed by atoms with E-state index in [0.717, 1.165) is 12.6 Å². The van der Waals surface area contributed by atoms with Gasteiger partial charge in [0.25, 0.3) is 0 Å². The lowest BCUT2D eigenvalue weighted by molar-refractivity contribution is 0.118. The fraction of sp³-hybridized carbons (Fsp3) is 1.00. The molecule has 0 radical (unpaired) electrons. The summed E-state index contributed by atoms with van der Waals surface area (Å²) >= 11 is 0. The third kappa shape index (κ3) is 4.59. The second kappa shape index (κ2) is 8.10. The first-order valence-electron chi connectivity index (χ1n) is 7.66. The minimum atomic E-state index is 0.655. The van der Waals surface area contributed by atoms with Gasteiger partial charge in [-0.05, 0) is 46.2 Å². The molecule has 0 aromatic heterocycles. The van der Waals surface area contributed by atoms with Crippen LogP contribution in [0.2, 0.25) is 0 Å². The average Bonchev–Trinajstić information content (AvgIpc) is 2.39. The summed E-state index contributed by atoms with van der Waals surface area (Å²) < 4.78 is 0. The molecule has 0 bridgehead atoms. The standard InChI is InChI=1S/C15H32N2/c1-5-12-16-15(6-2)13(3)17(4)14-10-8-7-9-11-14/h13-16H,5-12H2,1-4H3. The van der Waals surface area contributed by atoms with Crippen LogP contribution in [0, 0.1) is 0 Å². The highest BCUT2D eigenvalue weighted by molar-refractivity contribution is 4.84. The van der Waals surface area contributed by atoms with Crippen molar-refractivity contribution in [3.05, 3.63) is 0 Å². The third-order valence-electron chi connectivity index (χ3n) is 4.47. The van der Waals surface area contributed by atoms with Crippen LogP contribution in [0.1, 0.15) is 65.7 Å². The summed E-state index contributed by atoms with van der Waals surface area (Å²) in [5.74, 6) is 0. The Labute approximate surface area is 108 Å². The molecule has 0 aliphatic heterocycles. The second-order valence-corrected chi connectivity index (χ2v) is 5.67. The van der Waals surface area contributed by atoms with E-state index in [1.807, 2.05) is 0 Å². The molecule has 1 rings (SSSR count). The van der Waals surface area contributed by atoms with Crippen molar-refractivity contribution in [3.63, 3.8) is 0 Å². The summed E-state index contributed by atoms with van der Waals surface area (Å²) in [6.07, 6.45) is 9.59. The molecule has 0 aromatic rings. The van der Waals surface area contributed by atoms with Crippen LogP contribution in [0.4, 0.5) is 0 Å². The average molecular weight is 240 g/mol. The van der Waals surface area contributed by atoms with Gasteiger partial charge in [0, 0.05) is 18.1 Å². The number of rotatable bonds is 7. The van der Waals surface area contributed by atoms with Crippen LogP contribution in [0.3, 0.4) is 0 Å². The van der Waals surface area contributed by atoms with Crippen LogP contribution >= 0.6 is 0 Å². The Morgan fingerprint density at radius 1 is 1.18 bits per heavy atom. The quantitative estimate of drug-likeness (QED) is 0.733. The van der Waals surface area contributed by atoms with E-state index in [1.165, 1.54) is 44.9 Å². The van der Waals surface area contributed by atoms with Crippen molar-refractivity contribution < 1.29 is 0 Å². The Bertz CT molecular complexity index is 187. The van der Waals surface area contributed by atoms with Crippen molar-refractivity contribution in [1.82, 2.24) is 10.2 Å². The van der Waals surface area contributed by atoms with Gasteiger partial charge in [-0.1, -0.05) is 33.1 Å². The summed E-state index contributed by atoms with van der Waals surface area (Å²) in [7, 11) is 2.33. The first kappa shape index (κ1) is 15.0. The van der Waals surface area contributed by atoms with Gasteiger partial charge in [-0.15, -0.1) is 0 Å². The van der Waals surface area contributed by atoms with Gasteiger partial charge in [0.15, 0.2) is 0 Å². The molecule has 102 valence electrons. The van der Waals surface area contributed by atoms with Crippen LogP contribution in [0.25, 0.3) is 0 Å². The van der Waals surface area contributed by atoms with Gasteiger partial charge in [0.1, 0.15) is 0 Å². The van der Waals surface area contributed by atoms with Gasteiger partial charge in [-0.25, -0.2) is 0 Å². The zero-order valence-corrected chi connectivity index (χ0v) is 12.3. The Morgan fingerprint density at radius 2 is 1.82 bits per heavy atom. The fourth-order valence-electron chi connectivity index (χ4n) is 3.09. The predicted molar refractivity (Wildman–Crippen MR) is 76.5 cm³/mol. The van der Waals surface area contributed by atoms with Crippen LogP contribution in [-0.4, -0.2) is 36.6 Å². The number of likely N-dealkylation sites (N-methyl/N-ethyl adjacent to an activating group) is 1. The highest BCUT2D eigenvalue weighted by atomic mass is 15.2. The highest BCUT2D eigenvalue weighted by Crippen LogP contribution is 2.24. The van der Waals surface area contributed by atoms with Gasteiger partial charge >= 0.3 is 0 Å².